The minimum Gasteiger partial charge on any atom is -0.242 e. The quantitative estimate of drug-likeness (QED) is 0.817. The van der Waals surface area contributed by atoms with Gasteiger partial charge in [0.25, 0.3) is 0 Å². The molecular formula is C12H17BFNOS. The van der Waals surface area contributed by atoms with Gasteiger partial charge >= 0.3 is 0 Å². The molecular weight excluding hydrogens is 236 g/mol. The molecule has 5 heteroatoms. The Morgan fingerprint density at radius 3 is 2.53 bits per heavy atom. The van der Waals surface area contributed by atoms with E-state index < -0.39 is 16.8 Å². The van der Waals surface area contributed by atoms with Crippen molar-refractivity contribution in [3.05, 3.63) is 29.6 Å². The fourth-order valence-corrected chi connectivity index (χ4v) is 2.11. The van der Waals surface area contributed by atoms with Gasteiger partial charge in [-0.3, -0.25) is 0 Å². The van der Waals surface area contributed by atoms with E-state index in [-0.39, 0.29) is 16.3 Å². The zero-order valence-corrected chi connectivity index (χ0v) is 11.4. The fourth-order valence-electron chi connectivity index (χ4n) is 1.30. The van der Waals surface area contributed by atoms with Gasteiger partial charge in [-0.05, 0) is 27.7 Å². The van der Waals surface area contributed by atoms with Crippen molar-refractivity contribution in [3.63, 3.8) is 0 Å². The summed E-state index contributed by atoms with van der Waals surface area (Å²) >= 11 is 0. The molecule has 1 N–H and O–H groups in total. The Morgan fingerprint density at radius 2 is 2.00 bits per heavy atom. The van der Waals surface area contributed by atoms with Gasteiger partial charge in [0.15, 0.2) is 0 Å². The van der Waals surface area contributed by atoms with Crippen LogP contribution in [0.4, 0.5) is 4.39 Å². The Bertz CT molecular complexity index is 431. The van der Waals surface area contributed by atoms with E-state index in [0.29, 0.717) is 5.56 Å². The smallest absolute Gasteiger partial charge is 0.120 e. The third kappa shape index (κ3) is 3.64. The van der Waals surface area contributed by atoms with Crippen molar-refractivity contribution in [3.8, 4) is 0 Å². The molecule has 2 atom stereocenters. The van der Waals surface area contributed by atoms with Crippen molar-refractivity contribution in [1.29, 1.82) is 0 Å². The fraction of sp³-hybridized carbons (Fsp3) is 0.500. The highest BCUT2D eigenvalue weighted by Gasteiger charge is 2.22. The summed E-state index contributed by atoms with van der Waals surface area (Å²) in [5.41, 5.74) is 0.542. The van der Waals surface area contributed by atoms with Gasteiger partial charge in [-0.2, -0.15) is 0 Å². The van der Waals surface area contributed by atoms with Crippen molar-refractivity contribution in [2.75, 3.05) is 0 Å². The molecule has 2 radical (unpaired) electrons. The van der Waals surface area contributed by atoms with Crippen molar-refractivity contribution >= 4 is 24.3 Å². The van der Waals surface area contributed by atoms with Crippen molar-refractivity contribution in [2.24, 2.45) is 0 Å². The molecule has 1 aromatic rings. The lowest BCUT2D eigenvalue weighted by Crippen LogP contribution is -2.35. The largest absolute Gasteiger partial charge is 0.242 e. The molecule has 2 unspecified atom stereocenters. The van der Waals surface area contributed by atoms with Crippen LogP contribution in [-0.2, 0) is 11.0 Å². The summed E-state index contributed by atoms with van der Waals surface area (Å²) < 4.78 is 28.1. The van der Waals surface area contributed by atoms with Crippen LogP contribution in [0.1, 0.15) is 39.3 Å². The summed E-state index contributed by atoms with van der Waals surface area (Å²) in [6.07, 6.45) is 0. The van der Waals surface area contributed by atoms with Crippen LogP contribution in [0.3, 0.4) is 0 Å². The van der Waals surface area contributed by atoms with E-state index >= 15 is 0 Å². The molecule has 0 saturated heterocycles. The van der Waals surface area contributed by atoms with E-state index in [2.05, 4.69) is 4.72 Å². The maximum absolute atomic E-state index is 13.7. The Morgan fingerprint density at radius 1 is 1.41 bits per heavy atom. The molecule has 2 nitrogen and oxygen atoms in total. The van der Waals surface area contributed by atoms with Crippen molar-refractivity contribution < 1.29 is 8.60 Å². The maximum Gasteiger partial charge on any atom is 0.120 e. The average molecular weight is 253 g/mol. The first kappa shape index (κ1) is 14.4. The average Bonchev–Trinajstić information content (AvgIpc) is 2.20. The minimum absolute atomic E-state index is 0.109. The lowest BCUT2D eigenvalue weighted by molar-refractivity contribution is 0.577. The van der Waals surface area contributed by atoms with E-state index in [1.54, 1.807) is 19.1 Å². The molecule has 0 amide bonds. The molecule has 0 bridgehead atoms. The number of benzene rings is 1. The van der Waals surface area contributed by atoms with Gasteiger partial charge in [0, 0.05) is 11.6 Å². The van der Waals surface area contributed by atoms with Gasteiger partial charge in [-0.1, -0.05) is 23.7 Å². The van der Waals surface area contributed by atoms with Gasteiger partial charge in [-0.25, -0.2) is 13.3 Å². The Hall–Kier alpha value is -0.675. The topological polar surface area (TPSA) is 29.1 Å². The highest BCUT2D eigenvalue weighted by Crippen LogP contribution is 2.18. The van der Waals surface area contributed by atoms with E-state index in [9.17, 15) is 8.60 Å². The molecule has 0 spiro atoms. The van der Waals surface area contributed by atoms with Gasteiger partial charge in [-0.15, -0.1) is 0 Å². The number of hydrogen-bond donors (Lipinski definition) is 1. The van der Waals surface area contributed by atoms with Crippen LogP contribution in [0.5, 0.6) is 0 Å². The second kappa shape index (κ2) is 5.31. The van der Waals surface area contributed by atoms with Crippen LogP contribution >= 0.6 is 0 Å². The second-order valence-corrected chi connectivity index (χ2v) is 6.97. The lowest BCUT2D eigenvalue weighted by atomic mass is 9.92. The SMILES string of the molecule is [B]c1cccc(C(C)NS(=O)C(C)(C)C)c1F. The number of hydrogen-bond acceptors (Lipinski definition) is 1. The van der Waals surface area contributed by atoms with Crippen LogP contribution in [0.15, 0.2) is 18.2 Å². The molecule has 1 aromatic carbocycles. The standard InChI is InChI=1S/C12H17BFNOS/c1-8(15-17(16)12(2,3)4)9-6-5-7-10(13)11(9)14/h5-8,15H,1-4H3. The van der Waals surface area contributed by atoms with E-state index in [1.807, 2.05) is 20.8 Å². The second-order valence-electron chi connectivity index (χ2n) is 4.97. The summed E-state index contributed by atoms with van der Waals surface area (Å²) in [6.45, 7) is 7.34. The maximum atomic E-state index is 13.7. The summed E-state index contributed by atoms with van der Waals surface area (Å²) in [5, 5.41) is 0. The summed E-state index contributed by atoms with van der Waals surface area (Å²) in [7, 11) is 4.26. The van der Waals surface area contributed by atoms with Crippen LogP contribution in [0.25, 0.3) is 0 Å². The molecule has 0 aliphatic carbocycles. The molecule has 0 saturated carbocycles. The Kier molecular flexibility index (Phi) is 4.50. The molecule has 92 valence electrons. The minimum atomic E-state index is -1.24. The predicted molar refractivity (Wildman–Crippen MR) is 71.2 cm³/mol. The van der Waals surface area contributed by atoms with Crippen molar-refractivity contribution in [2.45, 2.75) is 38.5 Å². The molecule has 1 rings (SSSR count). The van der Waals surface area contributed by atoms with Crippen LogP contribution < -0.4 is 10.2 Å². The predicted octanol–water partition coefficient (Wildman–Crippen LogP) is 1.73. The van der Waals surface area contributed by atoms with Crippen LogP contribution in [0, 0.1) is 5.82 Å². The highest BCUT2D eigenvalue weighted by atomic mass is 32.2. The molecule has 0 aromatic heterocycles. The van der Waals surface area contributed by atoms with Gasteiger partial charge in [0.05, 0.1) is 15.7 Å². The van der Waals surface area contributed by atoms with Crippen molar-refractivity contribution in [1.82, 2.24) is 4.72 Å². The first-order chi connectivity index (χ1) is 7.73. The third-order valence-electron chi connectivity index (χ3n) is 2.36. The third-order valence-corrected chi connectivity index (χ3v) is 4.04. The zero-order valence-electron chi connectivity index (χ0n) is 10.6. The van der Waals surface area contributed by atoms with E-state index in [0.717, 1.165) is 0 Å². The molecule has 0 heterocycles. The van der Waals surface area contributed by atoms with Gasteiger partial charge in [0.2, 0.25) is 0 Å². The Labute approximate surface area is 106 Å². The van der Waals surface area contributed by atoms with Gasteiger partial charge in [0.1, 0.15) is 13.7 Å². The number of rotatable bonds is 3. The first-order valence-electron chi connectivity index (χ1n) is 5.45. The normalized spacial score (nSPS) is 15.6. The number of nitrogens with one attached hydrogen (secondary N) is 1. The zero-order chi connectivity index (χ0) is 13.2. The first-order valence-corrected chi connectivity index (χ1v) is 6.60. The monoisotopic (exact) mass is 253 g/mol. The van der Waals surface area contributed by atoms with Crippen LogP contribution in [-0.4, -0.2) is 16.8 Å². The highest BCUT2D eigenvalue weighted by molar-refractivity contribution is 7.84. The van der Waals surface area contributed by atoms with Gasteiger partial charge < -0.3 is 0 Å². The molecule has 17 heavy (non-hydrogen) atoms. The lowest BCUT2D eigenvalue weighted by Gasteiger charge is -2.22. The summed E-state index contributed by atoms with van der Waals surface area (Å²) in [4.78, 5) is 0. The summed E-state index contributed by atoms with van der Waals surface area (Å²) in [5.74, 6) is -0.446. The molecule has 0 fully saturated rings. The Balaban J connectivity index is 2.88. The van der Waals surface area contributed by atoms with Crippen LogP contribution in [0.2, 0.25) is 0 Å². The molecule has 0 aliphatic heterocycles. The summed E-state index contributed by atoms with van der Waals surface area (Å²) in [6, 6.07) is 4.49. The molecule has 0 aliphatic rings. The van der Waals surface area contributed by atoms with E-state index in [4.69, 9.17) is 7.85 Å². The number of halogens is 1. The van der Waals surface area contributed by atoms with E-state index in [1.165, 1.54) is 6.07 Å².